The average Bonchev–Trinajstić information content (AvgIpc) is 2.34. The number of halogens is 4. The monoisotopic (exact) mass is 320 g/mol. The first-order chi connectivity index (χ1) is 9.99. The van der Waals surface area contributed by atoms with Crippen molar-refractivity contribution in [2.75, 3.05) is 6.61 Å². The van der Waals surface area contributed by atoms with Gasteiger partial charge in [-0.05, 0) is 23.8 Å². The number of hydrogen-bond acceptors (Lipinski definition) is 3. The molecule has 1 aromatic carbocycles. The zero-order valence-corrected chi connectivity index (χ0v) is 12.3. The van der Waals surface area contributed by atoms with Crippen molar-refractivity contribution in [3.8, 4) is 5.75 Å². The minimum absolute atomic E-state index is 0.351. The van der Waals surface area contributed by atoms with Gasteiger partial charge >= 0.3 is 12.3 Å². The van der Waals surface area contributed by atoms with Gasteiger partial charge in [0, 0.05) is 12.3 Å². The summed E-state index contributed by atoms with van der Waals surface area (Å²) in [5, 5.41) is 0. The SMILES string of the molecule is CC(=O)OCC(F)=CC(C)(C)c1ccc(OC(F)(F)F)cc1. The zero-order chi connectivity index (χ0) is 17.0. The molecule has 3 nitrogen and oxygen atoms in total. The Morgan fingerprint density at radius 3 is 2.18 bits per heavy atom. The summed E-state index contributed by atoms with van der Waals surface area (Å²) < 4.78 is 58.2. The van der Waals surface area contributed by atoms with Crippen molar-refractivity contribution in [2.45, 2.75) is 32.5 Å². The summed E-state index contributed by atoms with van der Waals surface area (Å²) in [4.78, 5) is 10.6. The number of benzene rings is 1. The third-order valence-corrected chi connectivity index (χ3v) is 2.76. The molecular formula is C15H16F4O3. The molecule has 0 amide bonds. The van der Waals surface area contributed by atoms with E-state index in [-0.39, 0.29) is 5.75 Å². The van der Waals surface area contributed by atoms with Crippen molar-refractivity contribution < 1.29 is 31.8 Å². The molecule has 0 atom stereocenters. The average molecular weight is 320 g/mol. The van der Waals surface area contributed by atoms with E-state index in [0.717, 1.165) is 19.1 Å². The van der Waals surface area contributed by atoms with Gasteiger partial charge in [-0.3, -0.25) is 4.79 Å². The summed E-state index contributed by atoms with van der Waals surface area (Å²) in [5.74, 6) is -1.60. The van der Waals surface area contributed by atoms with Crippen LogP contribution in [0, 0.1) is 0 Å². The number of carbonyl (C=O) groups excluding carboxylic acids is 1. The van der Waals surface area contributed by atoms with Gasteiger partial charge in [-0.15, -0.1) is 13.2 Å². The first-order valence-electron chi connectivity index (χ1n) is 6.36. The standard InChI is InChI=1S/C15H16F4O3/c1-10(20)21-9-12(16)8-14(2,3)11-4-6-13(7-5-11)22-15(17,18)19/h4-8H,9H2,1-3H3. The van der Waals surface area contributed by atoms with Crippen LogP contribution in [0.4, 0.5) is 17.6 Å². The Hall–Kier alpha value is -2.05. The minimum atomic E-state index is -4.76. The lowest BCUT2D eigenvalue weighted by atomic mass is 9.84. The molecule has 22 heavy (non-hydrogen) atoms. The molecule has 0 aliphatic rings. The maximum atomic E-state index is 13.7. The molecule has 0 aromatic heterocycles. The maximum absolute atomic E-state index is 13.7. The normalized spacial score (nSPS) is 13.0. The molecule has 122 valence electrons. The lowest BCUT2D eigenvalue weighted by Gasteiger charge is -2.21. The third-order valence-electron chi connectivity index (χ3n) is 2.76. The van der Waals surface area contributed by atoms with Crippen molar-refractivity contribution in [1.82, 2.24) is 0 Å². The molecule has 0 spiro atoms. The van der Waals surface area contributed by atoms with E-state index in [1.54, 1.807) is 13.8 Å². The number of carbonyl (C=O) groups is 1. The molecule has 0 bridgehead atoms. The van der Waals surface area contributed by atoms with Gasteiger partial charge in [0.1, 0.15) is 18.2 Å². The van der Waals surface area contributed by atoms with Crippen LogP contribution >= 0.6 is 0 Å². The summed E-state index contributed by atoms with van der Waals surface area (Å²) in [5.41, 5.74) is -0.207. The summed E-state index contributed by atoms with van der Waals surface area (Å²) in [6.07, 6.45) is -3.51. The van der Waals surface area contributed by atoms with E-state index < -0.39 is 30.2 Å². The van der Waals surface area contributed by atoms with Gasteiger partial charge in [0.2, 0.25) is 0 Å². The van der Waals surface area contributed by atoms with Gasteiger partial charge in [-0.1, -0.05) is 26.0 Å². The molecule has 0 fully saturated rings. The Balaban J connectivity index is 2.84. The van der Waals surface area contributed by atoms with Crippen LogP contribution in [0.5, 0.6) is 5.75 Å². The van der Waals surface area contributed by atoms with Gasteiger partial charge in [0.15, 0.2) is 0 Å². The van der Waals surface area contributed by atoms with Crippen LogP contribution in [0.25, 0.3) is 0 Å². The van der Waals surface area contributed by atoms with Crippen LogP contribution in [-0.2, 0) is 14.9 Å². The Kier molecular flexibility index (Phi) is 5.57. The molecule has 7 heteroatoms. The first-order valence-corrected chi connectivity index (χ1v) is 6.36. The summed E-state index contributed by atoms with van der Waals surface area (Å²) in [6, 6.07) is 5.14. The maximum Gasteiger partial charge on any atom is 0.573 e. The largest absolute Gasteiger partial charge is 0.573 e. The Labute approximate surface area is 125 Å². The highest BCUT2D eigenvalue weighted by atomic mass is 19.4. The highest BCUT2D eigenvalue weighted by Gasteiger charge is 2.31. The lowest BCUT2D eigenvalue weighted by Crippen LogP contribution is -2.18. The molecule has 0 unspecified atom stereocenters. The molecule has 0 heterocycles. The second-order valence-electron chi connectivity index (χ2n) is 5.17. The van der Waals surface area contributed by atoms with Gasteiger partial charge < -0.3 is 9.47 Å². The quantitative estimate of drug-likeness (QED) is 0.600. The van der Waals surface area contributed by atoms with Crippen molar-refractivity contribution in [3.05, 3.63) is 41.7 Å². The lowest BCUT2D eigenvalue weighted by molar-refractivity contribution is -0.274. The van der Waals surface area contributed by atoms with E-state index in [4.69, 9.17) is 0 Å². The van der Waals surface area contributed by atoms with E-state index in [9.17, 15) is 22.4 Å². The molecule has 0 saturated heterocycles. The van der Waals surface area contributed by atoms with E-state index in [0.29, 0.717) is 5.56 Å². The zero-order valence-electron chi connectivity index (χ0n) is 12.3. The predicted molar refractivity (Wildman–Crippen MR) is 72.0 cm³/mol. The van der Waals surface area contributed by atoms with Gasteiger partial charge in [0.05, 0.1) is 0 Å². The number of hydrogen-bond donors (Lipinski definition) is 0. The van der Waals surface area contributed by atoms with E-state index in [2.05, 4.69) is 9.47 Å². The van der Waals surface area contributed by atoms with Gasteiger partial charge in [-0.2, -0.15) is 0 Å². The summed E-state index contributed by atoms with van der Waals surface area (Å²) >= 11 is 0. The fourth-order valence-electron chi connectivity index (χ4n) is 1.77. The molecule has 0 N–H and O–H groups in total. The van der Waals surface area contributed by atoms with Crippen LogP contribution in [0.1, 0.15) is 26.3 Å². The smallest absolute Gasteiger partial charge is 0.459 e. The minimum Gasteiger partial charge on any atom is -0.459 e. The molecule has 0 aliphatic carbocycles. The van der Waals surface area contributed by atoms with Gasteiger partial charge in [0.25, 0.3) is 0 Å². The summed E-state index contributed by atoms with van der Waals surface area (Å²) in [6.45, 7) is 4.05. The molecule has 0 aliphatic heterocycles. The number of ether oxygens (including phenoxy) is 2. The van der Waals surface area contributed by atoms with Crippen LogP contribution < -0.4 is 4.74 Å². The van der Waals surface area contributed by atoms with Crippen molar-refractivity contribution >= 4 is 5.97 Å². The van der Waals surface area contributed by atoms with Gasteiger partial charge in [-0.25, -0.2) is 4.39 Å². The summed E-state index contributed by atoms with van der Waals surface area (Å²) in [7, 11) is 0. The fraction of sp³-hybridized carbons (Fsp3) is 0.400. The highest BCUT2D eigenvalue weighted by Crippen LogP contribution is 2.29. The van der Waals surface area contributed by atoms with E-state index in [1.807, 2.05) is 0 Å². The second-order valence-corrected chi connectivity index (χ2v) is 5.17. The van der Waals surface area contributed by atoms with E-state index in [1.165, 1.54) is 18.2 Å². The number of esters is 1. The van der Waals surface area contributed by atoms with Crippen LogP contribution in [0.2, 0.25) is 0 Å². The number of rotatable bonds is 5. The number of alkyl halides is 3. The first kappa shape index (κ1) is 18.0. The topological polar surface area (TPSA) is 35.5 Å². The Bertz CT molecular complexity index is 545. The predicted octanol–water partition coefficient (Wildman–Crippen LogP) is 4.28. The molecule has 1 aromatic rings. The van der Waals surface area contributed by atoms with E-state index >= 15 is 0 Å². The highest BCUT2D eigenvalue weighted by molar-refractivity contribution is 5.66. The number of allylic oxidation sites excluding steroid dienone is 1. The molecule has 0 saturated carbocycles. The van der Waals surface area contributed by atoms with Crippen molar-refractivity contribution in [3.63, 3.8) is 0 Å². The Morgan fingerprint density at radius 2 is 1.73 bits per heavy atom. The Morgan fingerprint density at radius 1 is 1.18 bits per heavy atom. The van der Waals surface area contributed by atoms with Crippen molar-refractivity contribution in [2.24, 2.45) is 0 Å². The molecular weight excluding hydrogens is 304 g/mol. The molecule has 1 rings (SSSR count). The van der Waals surface area contributed by atoms with Crippen LogP contribution in [0.3, 0.4) is 0 Å². The third kappa shape index (κ3) is 6.15. The van der Waals surface area contributed by atoms with Crippen LogP contribution in [-0.4, -0.2) is 18.9 Å². The fourth-order valence-corrected chi connectivity index (χ4v) is 1.77. The second kappa shape index (κ2) is 6.81. The van der Waals surface area contributed by atoms with Crippen molar-refractivity contribution in [1.29, 1.82) is 0 Å². The van der Waals surface area contributed by atoms with Crippen LogP contribution in [0.15, 0.2) is 36.2 Å². The molecule has 0 radical (unpaired) electrons.